The van der Waals surface area contributed by atoms with Crippen molar-refractivity contribution in [3.05, 3.63) is 52.3 Å². The molecule has 3 heterocycles. The van der Waals surface area contributed by atoms with E-state index in [1.165, 1.54) is 0 Å². The predicted molar refractivity (Wildman–Crippen MR) is 81.3 cm³/mol. The Bertz CT molecular complexity index is 671. The maximum absolute atomic E-state index is 5.38. The highest BCUT2D eigenvalue weighted by atomic mass is 32.1. The van der Waals surface area contributed by atoms with Crippen molar-refractivity contribution in [3.8, 4) is 0 Å². The Morgan fingerprint density at radius 3 is 2.81 bits per heavy atom. The zero-order chi connectivity index (χ0) is 14.5. The molecular weight excluding hydrogens is 284 g/mol. The number of rotatable bonds is 7. The van der Waals surface area contributed by atoms with E-state index in [4.69, 9.17) is 4.52 Å². The number of nitrogens with zero attached hydrogens (tertiary/aromatic N) is 4. The molecule has 0 aliphatic carbocycles. The van der Waals surface area contributed by atoms with E-state index in [9.17, 15) is 0 Å². The van der Waals surface area contributed by atoms with Gasteiger partial charge in [0, 0.05) is 43.2 Å². The van der Waals surface area contributed by atoms with Crippen molar-refractivity contribution in [2.75, 3.05) is 0 Å². The summed E-state index contributed by atoms with van der Waals surface area (Å²) in [4.78, 5) is 8.65. The second-order valence-corrected chi connectivity index (χ2v) is 5.88. The van der Waals surface area contributed by atoms with Gasteiger partial charge in [0.05, 0.1) is 22.7 Å². The topological polar surface area (TPSA) is 56.7 Å². The molecule has 0 aliphatic rings. The molecular formula is C15H18N4OS. The summed E-state index contributed by atoms with van der Waals surface area (Å²) in [6.07, 6.45) is 9.31. The molecule has 0 saturated carbocycles. The Kier molecular flexibility index (Phi) is 4.45. The molecule has 0 radical (unpaired) electrons. The Balaban J connectivity index is 1.50. The van der Waals surface area contributed by atoms with Crippen LogP contribution >= 0.6 is 11.3 Å². The smallest absolute Gasteiger partial charge is 0.137 e. The third-order valence-corrected chi connectivity index (χ3v) is 4.21. The molecule has 0 bridgehead atoms. The van der Waals surface area contributed by atoms with E-state index in [-0.39, 0.29) is 0 Å². The minimum Gasteiger partial charge on any atom is -0.361 e. The summed E-state index contributed by atoms with van der Waals surface area (Å²) < 4.78 is 7.46. The Hall–Kier alpha value is -1.95. The van der Waals surface area contributed by atoms with Gasteiger partial charge in [-0.25, -0.2) is 9.97 Å². The number of hydrogen-bond acceptors (Lipinski definition) is 5. The van der Waals surface area contributed by atoms with Gasteiger partial charge in [0.25, 0.3) is 0 Å². The highest BCUT2D eigenvalue weighted by Gasteiger charge is 2.07. The van der Waals surface area contributed by atoms with Gasteiger partial charge in [0.15, 0.2) is 0 Å². The first-order valence-corrected chi connectivity index (χ1v) is 8.05. The van der Waals surface area contributed by atoms with Gasteiger partial charge in [-0.2, -0.15) is 0 Å². The third-order valence-electron chi connectivity index (χ3n) is 3.37. The summed E-state index contributed by atoms with van der Waals surface area (Å²) in [6, 6.07) is 2.05. The molecule has 0 amide bonds. The largest absolute Gasteiger partial charge is 0.361 e. The molecule has 0 fully saturated rings. The molecule has 0 unspecified atom stereocenters. The normalized spacial score (nSPS) is 11.1. The van der Waals surface area contributed by atoms with Crippen molar-refractivity contribution in [1.82, 2.24) is 19.7 Å². The molecule has 0 spiro atoms. The highest BCUT2D eigenvalue weighted by Crippen LogP contribution is 2.12. The average molecular weight is 302 g/mol. The summed E-state index contributed by atoms with van der Waals surface area (Å²) in [5, 5.41) is 7.27. The first-order chi connectivity index (χ1) is 10.3. The van der Waals surface area contributed by atoms with Crippen LogP contribution in [0.25, 0.3) is 0 Å². The first-order valence-electron chi connectivity index (χ1n) is 7.17. The van der Waals surface area contributed by atoms with Crippen molar-refractivity contribution in [2.24, 2.45) is 0 Å². The Morgan fingerprint density at radius 1 is 1.14 bits per heavy atom. The predicted octanol–water partition coefficient (Wildman–Crippen LogP) is 2.92. The van der Waals surface area contributed by atoms with Gasteiger partial charge in [-0.15, -0.1) is 11.3 Å². The number of aryl methyl sites for hydroxylation is 5. The van der Waals surface area contributed by atoms with Crippen LogP contribution in [0.3, 0.4) is 0 Å². The molecule has 0 aliphatic heterocycles. The second kappa shape index (κ2) is 6.67. The summed E-state index contributed by atoms with van der Waals surface area (Å²) in [7, 11) is 0. The van der Waals surface area contributed by atoms with Crippen LogP contribution in [0.15, 0.2) is 34.7 Å². The van der Waals surface area contributed by atoms with Crippen molar-refractivity contribution >= 4 is 11.3 Å². The minimum absolute atomic E-state index is 0.852. The molecule has 110 valence electrons. The van der Waals surface area contributed by atoms with Crippen LogP contribution in [0, 0.1) is 0 Å². The molecule has 3 aromatic rings. The molecule has 21 heavy (non-hydrogen) atoms. The van der Waals surface area contributed by atoms with Crippen LogP contribution in [-0.4, -0.2) is 19.7 Å². The third kappa shape index (κ3) is 3.78. The number of imidazole rings is 1. The lowest BCUT2D eigenvalue weighted by Crippen LogP contribution is -1.92. The lowest BCUT2D eigenvalue weighted by atomic mass is 10.2. The van der Waals surface area contributed by atoms with Gasteiger partial charge in [0.2, 0.25) is 0 Å². The lowest BCUT2D eigenvalue weighted by Gasteiger charge is -1.93. The monoisotopic (exact) mass is 302 g/mol. The van der Waals surface area contributed by atoms with E-state index in [1.807, 2.05) is 24.0 Å². The molecule has 5 nitrogen and oxygen atoms in total. The van der Waals surface area contributed by atoms with Gasteiger partial charge >= 0.3 is 0 Å². The van der Waals surface area contributed by atoms with Crippen molar-refractivity contribution in [3.63, 3.8) is 0 Å². The highest BCUT2D eigenvalue weighted by molar-refractivity contribution is 7.09. The van der Waals surface area contributed by atoms with Gasteiger partial charge in [-0.1, -0.05) is 5.16 Å². The van der Waals surface area contributed by atoms with Gasteiger partial charge in [0.1, 0.15) is 5.76 Å². The van der Waals surface area contributed by atoms with Crippen molar-refractivity contribution in [2.45, 2.75) is 39.2 Å². The van der Waals surface area contributed by atoms with E-state index in [1.54, 1.807) is 11.3 Å². The molecule has 0 aromatic carbocycles. The van der Waals surface area contributed by atoms with Crippen molar-refractivity contribution < 1.29 is 4.52 Å². The number of thiazole rings is 1. The number of hydrogen-bond donors (Lipinski definition) is 0. The Labute approximate surface area is 127 Å². The fraction of sp³-hybridized carbons (Fsp3) is 0.400. The van der Waals surface area contributed by atoms with E-state index >= 15 is 0 Å². The first kappa shape index (κ1) is 14.0. The van der Waals surface area contributed by atoms with Gasteiger partial charge < -0.3 is 9.09 Å². The van der Waals surface area contributed by atoms with E-state index in [0.29, 0.717) is 0 Å². The molecule has 3 rings (SSSR count). The Morgan fingerprint density at radius 2 is 2.05 bits per heavy atom. The molecule has 0 N–H and O–H groups in total. The summed E-state index contributed by atoms with van der Waals surface area (Å²) in [5.74, 6) is 0.930. The average Bonchev–Trinajstić information content (AvgIpc) is 3.24. The van der Waals surface area contributed by atoms with E-state index in [0.717, 1.165) is 54.4 Å². The summed E-state index contributed by atoms with van der Waals surface area (Å²) in [6.45, 7) is 3.07. The van der Waals surface area contributed by atoms with Crippen LogP contribution in [0.2, 0.25) is 0 Å². The van der Waals surface area contributed by atoms with E-state index < -0.39 is 0 Å². The maximum atomic E-state index is 5.38. The standard InChI is InChI=1S/C15H18N4OS/c1-2-19-10-13(17-11-19)4-3-12-9-14(20-18-12)5-6-15-16-7-8-21-15/h7-11H,2-6H2,1H3. The van der Waals surface area contributed by atoms with Crippen LogP contribution in [0.4, 0.5) is 0 Å². The van der Waals surface area contributed by atoms with Gasteiger partial charge in [-0.3, -0.25) is 0 Å². The molecule has 3 aromatic heterocycles. The maximum Gasteiger partial charge on any atom is 0.137 e. The van der Waals surface area contributed by atoms with Gasteiger partial charge in [-0.05, 0) is 19.8 Å². The SMILES string of the molecule is CCn1cnc(CCc2cc(CCc3nccs3)on2)c1. The van der Waals surface area contributed by atoms with Crippen LogP contribution in [0.5, 0.6) is 0 Å². The molecule has 0 saturated heterocycles. The van der Waals surface area contributed by atoms with Crippen LogP contribution in [-0.2, 0) is 32.2 Å². The van der Waals surface area contributed by atoms with Crippen LogP contribution < -0.4 is 0 Å². The minimum atomic E-state index is 0.852. The number of aromatic nitrogens is 4. The molecule has 0 atom stereocenters. The fourth-order valence-corrected chi connectivity index (χ4v) is 2.78. The zero-order valence-corrected chi connectivity index (χ0v) is 12.8. The quantitative estimate of drug-likeness (QED) is 0.673. The fourth-order valence-electron chi connectivity index (χ4n) is 2.16. The summed E-state index contributed by atoms with van der Waals surface area (Å²) >= 11 is 1.68. The zero-order valence-electron chi connectivity index (χ0n) is 12.0. The summed E-state index contributed by atoms with van der Waals surface area (Å²) in [5.41, 5.74) is 2.10. The van der Waals surface area contributed by atoms with E-state index in [2.05, 4.69) is 32.8 Å². The second-order valence-electron chi connectivity index (χ2n) is 4.91. The molecule has 6 heteroatoms. The van der Waals surface area contributed by atoms with Crippen LogP contribution in [0.1, 0.15) is 29.1 Å². The van der Waals surface area contributed by atoms with Crippen molar-refractivity contribution in [1.29, 1.82) is 0 Å². The lowest BCUT2D eigenvalue weighted by molar-refractivity contribution is 0.377.